The molecule has 0 radical (unpaired) electrons. The average Bonchev–Trinajstić information content (AvgIpc) is 2.61. The number of anilines is 2. The van der Waals surface area contributed by atoms with E-state index < -0.39 is 11.9 Å². The molecule has 2 aromatic carbocycles. The van der Waals surface area contributed by atoms with E-state index in [9.17, 15) is 9.50 Å². The van der Waals surface area contributed by atoms with Crippen molar-refractivity contribution in [1.82, 2.24) is 9.97 Å². The summed E-state index contributed by atoms with van der Waals surface area (Å²) < 4.78 is 14.7. The summed E-state index contributed by atoms with van der Waals surface area (Å²) in [7, 11) is 0. The molecule has 120 valence electrons. The number of nitrogens with one attached hydrogen (secondary N) is 1. The molecular weight excluding hydrogens is 393 g/mol. The summed E-state index contributed by atoms with van der Waals surface area (Å²) in [5.74, 6) is 0.234. The van der Waals surface area contributed by atoms with E-state index in [4.69, 9.17) is 0 Å². The summed E-state index contributed by atoms with van der Waals surface area (Å²) in [6.07, 6.45) is 2.21. The summed E-state index contributed by atoms with van der Waals surface area (Å²) in [5.41, 5.74) is 1.65. The standard InChI is InChI=1S/C17H11BrFN3OS/c18-10-2-3-12(19)11(8-10)15(23)9-1-4-14-13(7-9)22-16-17(24-14)21-6-5-20-16/h1-8,15,23H,(H,20,22). The topological polar surface area (TPSA) is 58.0 Å². The SMILES string of the molecule is OC(c1ccc2c(c1)Nc1nccnc1S2)c1cc(Br)ccc1F. The van der Waals surface area contributed by atoms with Gasteiger partial charge in [0.25, 0.3) is 0 Å². The van der Waals surface area contributed by atoms with Gasteiger partial charge in [0.15, 0.2) is 5.82 Å². The van der Waals surface area contributed by atoms with Crippen LogP contribution in [0.25, 0.3) is 0 Å². The molecule has 0 saturated heterocycles. The van der Waals surface area contributed by atoms with Crippen molar-refractivity contribution in [2.45, 2.75) is 16.0 Å². The van der Waals surface area contributed by atoms with E-state index in [1.165, 1.54) is 17.8 Å². The Morgan fingerprint density at radius 1 is 1.12 bits per heavy atom. The highest BCUT2D eigenvalue weighted by atomic mass is 79.9. The second-order valence-corrected chi connectivity index (χ2v) is 7.21. The molecule has 2 N–H and O–H groups in total. The Kier molecular flexibility index (Phi) is 3.99. The highest BCUT2D eigenvalue weighted by molar-refractivity contribution is 9.10. The Morgan fingerprint density at radius 2 is 1.96 bits per heavy atom. The van der Waals surface area contributed by atoms with Gasteiger partial charge in [0.2, 0.25) is 0 Å². The molecule has 1 atom stereocenters. The van der Waals surface area contributed by atoms with Crippen molar-refractivity contribution in [2.24, 2.45) is 0 Å². The molecule has 24 heavy (non-hydrogen) atoms. The zero-order chi connectivity index (χ0) is 16.7. The fourth-order valence-electron chi connectivity index (χ4n) is 2.53. The molecule has 1 aliphatic rings. The van der Waals surface area contributed by atoms with Crippen molar-refractivity contribution in [1.29, 1.82) is 0 Å². The van der Waals surface area contributed by atoms with Crippen LogP contribution in [0.1, 0.15) is 17.2 Å². The number of hydrogen-bond donors (Lipinski definition) is 2. The van der Waals surface area contributed by atoms with Gasteiger partial charge in [0.05, 0.1) is 5.69 Å². The molecule has 0 fully saturated rings. The Bertz CT molecular complexity index is 937. The summed E-state index contributed by atoms with van der Waals surface area (Å²) >= 11 is 4.81. The molecule has 4 nitrogen and oxygen atoms in total. The minimum absolute atomic E-state index is 0.230. The molecule has 0 spiro atoms. The lowest BCUT2D eigenvalue weighted by atomic mass is 10.0. The first-order valence-corrected chi connectivity index (χ1v) is 8.75. The van der Waals surface area contributed by atoms with Crippen molar-refractivity contribution >= 4 is 39.2 Å². The van der Waals surface area contributed by atoms with Crippen molar-refractivity contribution in [2.75, 3.05) is 5.32 Å². The maximum absolute atomic E-state index is 14.0. The Balaban J connectivity index is 1.70. The van der Waals surface area contributed by atoms with Crippen LogP contribution in [0.4, 0.5) is 15.9 Å². The van der Waals surface area contributed by atoms with Gasteiger partial charge in [-0.1, -0.05) is 33.8 Å². The maximum Gasteiger partial charge on any atom is 0.163 e. The fraction of sp³-hybridized carbons (Fsp3) is 0.0588. The monoisotopic (exact) mass is 403 g/mol. The summed E-state index contributed by atoms with van der Waals surface area (Å²) in [5, 5.41) is 14.6. The van der Waals surface area contributed by atoms with Crippen molar-refractivity contribution in [3.63, 3.8) is 0 Å². The zero-order valence-corrected chi connectivity index (χ0v) is 14.6. The van der Waals surface area contributed by atoms with Crippen LogP contribution in [0.2, 0.25) is 0 Å². The second kappa shape index (κ2) is 6.16. The maximum atomic E-state index is 14.0. The smallest absolute Gasteiger partial charge is 0.163 e. The number of hydrogen-bond acceptors (Lipinski definition) is 5. The van der Waals surface area contributed by atoms with Gasteiger partial charge < -0.3 is 10.4 Å². The van der Waals surface area contributed by atoms with Crippen LogP contribution in [-0.2, 0) is 0 Å². The number of halogens is 2. The number of nitrogens with zero attached hydrogens (tertiary/aromatic N) is 2. The molecule has 0 amide bonds. The lowest BCUT2D eigenvalue weighted by Gasteiger charge is -2.21. The minimum Gasteiger partial charge on any atom is -0.384 e. The van der Waals surface area contributed by atoms with E-state index in [2.05, 4.69) is 31.2 Å². The van der Waals surface area contributed by atoms with Gasteiger partial charge in [-0.2, -0.15) is 0 Å². The molecular formula is C17H11BrFN3OS. The predicted molar refractivity (Wildman–Crippen MR) is 94.0 cm³/mol. The van der Waals surface area contributed by atoms with E-state index in [1.54, 1.807) is 30.6 Å². The summed E-state index contributed by atoms with van der Waals surface area (Å²) in [6.45, 7) is 0. The van der Waals surface area contributed by atoms with E-state index in [0.29, 0.717) is 15.9 Å². The van der Waals surface area contributed by atoms with E-state index in [-0.39, 0.29) is 5.56 Å². The molecule has 1 aliphatic heterocycles. The summed E-state index contributed by atoms with van der Waals surface area (Å²) in [6, 6.07) is 10.0. The van der Waals surface area contributed by atoms with Crippen LogP contribution in [-0.4, -0.2) is 15.1 Å². The zero-order valence-electron chi connectivity index (χ0n) is 12.2. The lowest BCUT2D eigenvalue weighted by Crippen LogP contribution is -2.07. The Morgan fingerprint density at radius 3 is 2.83 bits per heavy atom. The van der Waals surface area contributed by atoms with Crippen LogP contribution < -0.4 is 5.32 Å². The van der Waals surface area contributed by atoms with Gasteiger partial charge in [-0.15, -0.1) is 0 Å². The van der Waals surface area contributed by atoms with Gasteiger partial charge in [-0.3, -0.25) is 0 Å². The number of fused-ring (bicyclic) bond motifs is 2. The third kappa shape index (κ3) is 2.79. The van der Waals surface area contributed by atoms with Crippen molar-refractivity contribution in [3.05, 3.63) is 70.2 Å². The highest BCUT2D eigenvalue weighted by Gasteiger charge is 2.21. The van der Waals surface area contributed by atoms with E-state index in [1.807, 2.05) is 12.1 Å². The van der Waals surface area contributed by atoms with Crippen LogP contribution in [0, 0.1) is 5.82 Å². The minimum atomic E-state index is -1.05. The third-order valence-corrected chi connectivity index (χ3v) is 5.26. The molecule has 0 aliphatic carbocycles. The molecule has 1 aromatic heterocycles. The number of aliphatic hydroxyl groups excluding tert-OH is 1. The van der Waals surface area contributed by atoms with Crippen LogP contribution >= 0.6 is 27.7 Å². The first-order valence-electron chi connectivity index (χ1n) is 7.14. The Labute approximate surface area is 150 Å². The summed E-state index contributed by atoms with van der Waals surface area (Å²) in [4.78, 5) is 9.51. The molecule has 2 heterocycles. The molecule has 0 saturated carbocycles. The third-order valence-electron chi connectivity index (χ3n) is 3.70. The molecule has 3 aromatic rings. The predicted octanol–water partition coefficient (Wildman–Crippen LogP) is 4.67. The average molecular weight is 404 g/mol. The van der Waals surface area contributed by atoms with E-state index >= 15 is 0 Å². The number of aromatic nitrogens is 2. The lowest BCUT2D eigenvalue weighted by molar-refractivity contribution is 0.215. The molecule has 0 bridgehead atoms. The fourth-order valence-corrected chi connectivity index (χ4v) is 3.78. The van der Waals surface area contributed by atoms with Crippen LogP contribution in [0.5, 0.6) is 0 Å². The van der Waals surface area contributed by atoms with Gasteiger partial charge >= 0.3 is 0 Å². The van der Waals surface area contributed by atoms with Crippen LogP contribution in [0.3, 0.4) is 0 Å². The molecule has 1 unspecified atom stereocenters. The molecule has 7 heteroatoms. The van der Waals surface area contributed by atoms with Gasteiger partial charge in [-0.05, 0) is 35.9 Å². The largest absolute Gasteiger partial charge is 0.384 e. The van der Waals surface area contributed by atoms with Gasteiger partial charge in [-0.25, -0.2) is 14.4 Å². The number of rotatable bonds is 2. The van der Waals surface area contributed by atoms with Gasteiger partial charge in [0.1, 0.15) is 16.9 Å². The number of benzene rings is 2. The first-order chi connectivity index (χ1) is 11.6. The van der Waals surface area contributed by atoms with E-state index in [0.717, 1.165) is 15.6 Å². The first kappa shape index (κ1) is 15.6. The quantitative estimate of drug-likeness (QED) is 0.509. The van der Waals surface area contributed by atoms with Crippen molar-refractivity contribution in [3.8, 4) is 0 Å². The van der Waals surface area contributed by atoms with Gasteiger partial charge in [0, 0.05) is 27.3 Å². The normalized spacial score (nSPS) is 13.6. The van der Waals surface area contributed by atoms with Crippen molar-refractivity contribution < 1.29 is 9.50 Å². The highest BCUT2D eigenvalue weighted by Crippen LogP contribution is 2.43. The van der Waals surface area contributed by atoms with Crippen LogP contribution in [0.15, 0.2) is 63.2 Å². The Hall–Kier alpha value is -1.96. The molecule has 4 rings (SSSR count). The second-order valence-electron chi connectivity index (χ2n) is 5.26. The number of aliphatic hydroxyl groups is 1.